The number of aliphatic carboxylic acids is 1. The van der Waals surface area contributed by atoms with Crippen LogP contribution in [0.4, 0.5) is 0 Å². The van der Waals surface area contributed by atoms with E-state index in [1.54, 1.807) is 12.3 Å². The summed E-state index contributed by atoms with van der Waals surface area (Å²) in [4.78, 5) is 25.8. The van der Waals surface area contributed by atoms with Gasteiger partial charge in [-0.3, -0.25) is 14.6 Å². The van der Waals surface area contributed by atoms with E-state index in [-0.39, 0.29) is 23.5 Å². The minimum absolute atomic E-state index is 0.0641. The second kappa shape index (κ2) is 6.90. The zero-order valence-electron chi connectivity index (χ0n) is 9.42. The lowest BCUT2D eigenvalue weighted by molar-refractivity contribution is -0.133. The molecule has 0 bridgehead atoms. The van der Waals surface area contributed by atoms with Crippen LogP contribution in [0, 0.1) is 0 Å². The van der Waals surface area contributed by atoms with Crippen molar-refractivity contribution in [3.8, 4) is 0 Å². The first-order valence-electron chi connectivity index (χ1n) is 5.09. The van der Waals surface area contributed by atoms with Gasteiger partial charge in [-0.2, -0.15) is 0 Å². The number of amides is 1. The quantitative estimate of drug-likeness (QED) is 0.794. The largest absolute Gasteiger partial charge is 0.481 e. The smallest absolute Gasteiger partial charge is 0.313 e. The molecule has 17 heavy (non-hydrogen) atoms. The number of pyridine rings is 1. The number of carbonyl (C=O) groups is 2. The fraction of sp³-hybridized carbons (Fsp3) is 0.364. The maximum absolute atomic E-state index is 11.5. The molecule has 2 N–H and O–H groups in total. The molecule has 0 saturated heterocycles. The van der Waals surface area contributed by atoms with Crippen molar-refractivity contribution in [2.24, 2.45) is 0 Å². The van der Waals surface area contributed by atoms with Crippen molar-refractivity contribution in [3.05, 3.63) is 30.1 Å². The maximum atomic E-state index is 11.5. The molecule has 1 heterocycles. The van der Waals surface area contributed by atoms with Crippen molar-refractivity contribution in [3.63, 3.8) is 0 Å². The number of rotatable bonds is 6. The average Bonchev–Trinajstić information content (AvgIpc) is 2.29. The zero-order valence-corrected chi connectivity index (χ0v) is 10.2. The van der Waals surface area contributed by atoms with Crippen LogP contribution in [0.2, 0.25) is 0 Å². The Hall–Kier alpha value is -1.56. The van der Waals surface area contributed by atoms with Crippen LogP contribution in [0.1, 0.15) is 18.7 Å². The maximum Gasteiger partial charge on any atom is 0.313 e. The van der Waals surface area contributed by atoms with Crippen LogP contribution in [-0.4, -0.2) is 33.5 Å². The standard InChI is InChI=1S/C11H14N2O3S/c1-8(9-4-2-3-5-12-9)13-10(14)6-17-7-11(15)16/h2-5,8H,6-7H2,1H3,(H,13,14)(H,15,16)/t8-/m1/s1. The molecule has 0 aliphatic rings. The number of carboxylic acids is 1. The predicted octanol–water partition coefficient (Wildman–Crippen LogP) is 1.08. The Kier molecular flexibility index (Phi) is 5.48. The van der Waals surface area contributed by atoms with E-state index in [1.807, 2.05) is 19.1 Å². The Bertz CT molecular complexity index is 384. The molecule has 0 fully saturated rings. The van der Waals surface area contributed by atoms with Crippen molar-refractivity contribution < 1.29 is 14.7 Å². The molecule has 0 aliphatic carbocycles. The molecule has 1 rings (SSSR count). The topological polar surface area (TPSA) is 79.3 Å². The third kappa shape index (κ3) is 5.35. The van der Waals surface area contributed by atoms with Gasteiger partial charge in [0, 0.05) is 6.20 Å². The second-order valence-corrected chi connectivity index (χ2v) is 4.42. The van der Waals surface area contributed by atoms with E-state index >= 15 is 0 Å². The highest BCUT2D eigenvalue weighted by atomic mass is 32.2. The SMILES string of the molecule is C[C@@H](NC(=O)CSCC(=O)O)c1ccccn1. The van der Waals surface area contributed by atoms with Crippen molar-refractivity contribution in [1.29, 1.82) is 0 Å². The molecule has 5 nitrogen and oxygen atoms in total. The summed E-state index contributed by atoms with van der Waals surface area (Å²) >= 11 is 1.07. The van der Waals surface area contributed by atoms with Crippen LogP contribution in [0.5, 0.6) is 0 Å². The first-order chi connectivity index (χ1) is 8.09. The Morgan fingerprint density at radius 1 is 1.47 bits per heavy atom. The van der Waals surface area contributed by atoms with Gasteiger partial charge in [0.1, 0.15) is 0 Å². The molecule has 0 aromatic carbocycles. The fourth-order valence-corrected chi connectivity index (χ4v) is 1.77. The van der Waals surface area contributed by atoms with Gasteiger partial charge in [-0.1, -0.05) is 6.07 Å². The first kappa shape index (κ1) is 13.5. The summed E-state index contributed by atoms with van der Waals surface area (Å²) in [5.74, 6) is -1.02. The summed E-state index contributed by atoms with van der Waals surface area (Å²) in [6.07, 6.45) is 1.66. The van der Waals surface area contributed by atoms with Gasteiger partial charge in [-0.25, -0.2) is 0 Å². The summed E-state index contributed by atoms with van der Waals surface area (Å²) in [7, 11) is 0. The number of carbonyl (C=O) groups excluding carboxylic acids is 1. The van der Waals surface area contributed by atoms with Crippen LogP contribution < -0.4 is 5.32 Å². The number of aromatic nitrogens is 1. The van der Waals surface area contributed by atoms with Gasteiger partial charge in [0.25, 0.3) is 0 Å². The average molecular weight is 254 g/mol. The molecule has 0 saturated carbocycles. The highest BCUT2D eigenvalue weighted by Gasteiger charge is 2.10. The van der Waals surface area contributed by atoms with Crippen LogP contribution in [0.25, 0.3) is 0 Å². The third-order valence-corrected chi connectivity index (χ3v) is 2.88. The lowest BCUT2D eigenvalue weighted by atomic mass is 10.2. The van der Waals surface area contributed by atoms with Crippen molar-refractivity contribution in [1.82, 2.24) is 10.3 Å². The van der Waals surface area contributed by atoms with Gasteiger partial charge in [0.15, 0.2) is 0 Å². The molecule has 0 radical (unpaired) electrons. The number of hydrogen-bond donors (Lipinski definition) is 2. The summed E-state index contributed by atoms with van der Waals surface area (Å²) < 4.78 is 0. The van der Waals surface area contributed by atoms with Crippen LogP contribution in [0.3, 0.4) is 0 Å². The van der Waals surface area contributed by atoms with Gasteiger partial charge in [-0.15, -0.1) is 11.8 Å². The summed E-state index contributed by atoms with van der Waals surface area (Å²) in [5.41, 5.74) is 0.782. The normalized spacial score (nSPS) is 11.8. The molecular formula is C11H14N2O3S. The van der Waals surface area contributed by atoms with E-state index in [1.165, 1.54) is 0 Å². The molecule has 1 aromatic rings. The van der Waals surface area contributed by atoms with E-state index in [2.05, 4.69) is 10.3 Å². The summed E-state index contributed by atoms with van der Waals surface area (Å²) in [6.45, 7) is 1.84. The van der Waals surface area contributed by atoms with E-state index in [4.69, 9.17) is 5.11 Å². The molecule has 0 spiro atoms. The second-order valence-electron chi connectivity index (χ2n) is 3.43. The number of nitrogens with zero attached hydrogens (tertiary/aromatic N) is 1. The highest BCUT2D eigenvalue weighted by molar-refractivity contribution is 8.00. The van der Waals surface area contributed by atoms with Gasteiger partial charge in [-0.05, 0) is 19.1 Å². The zero-order chi connectivity index (χ0) is 12.7. The van der Waals surface area contributed by atoms with E-state index in [9.17, 15) is 9.59 Å². The molecule has 0 unspecified atom stereocenters. The van der Waals surface area contributed by atoms with Crippen LogP contribution >= 0.6 is 11.8 Å². The monoisotopic (exact) mass is 254 g/mol. The number of nitrogens with one attached hydrogen (secondary N) is 1. The van der Waals surface area contributed by atoms with E-state index < -0.39 is 5.97 Å². The van der Waals surface area contributed by atoms with Gasteiger partial charge >= 0.3 is 5.97 Å². The van der Waals surface area contributed by atoms with Gasteiger partial charge in [0.05, 0.1) is 23.2 Å². The Morgan fingerprint density at radius 3 is 2.82 bits per heavy atom. The van der Waals surface area contributed by atoms with Gasteiger partial charge in [0.2, 0.25) is 5.91 Å². The molecule has 1 aromatic heterocycles. The number of carboxylic acid groups (broad SMARTS) is 1. The molecular weight excluding hydrogens is 240 g/mol. The molecule has 1 atom stereocenters. The van der Waals surface area contributed by atoms with Crippen LogP contribution in [0.15, 0.2) is 24.4 Å². The fourth-order valence-electron chi connectivity index (χ4n) is 1.22. The number of thioether (sulfide) groups is 1. The van der Waals surface area contributed by atoms with Crippen LogP contribution in [-0.2, 0) is 9.59 Å². The third-order valence-electron chi connectivity index (χ3n) is 1.97. The van der Waals surface area contributed by atoms with Crippen molar-refractivity contribution in [2.45, 2.75) is 13.0 Å². The predicted molar refractivity (Wildman–Crippen MR) is 65.8 cm³/mol. The van der Waals surface area contributed by atoms with Crippen molar-refractivity contribution in [2.75, 3.05) is 11.5 Å². The minimum atomic E-state index is -0.916. The summed E-state index contributed by atoms with van der Waals surface area (Å²) in [6, 6.07) is 5.31. The van der Waals surface area contributed by atoms with Gasteiger partial charge < -0.3 is 10.4 Å². The Morgan fingerprint density at radius 2 is 2.24 bits per heavy atom. The molecule has 6 heteroatoms. The van der Waals surface area contributed by atoms with E-state index in [0.717, 1.165) is 17.5 Å². The Labute approximate surface area is 104 Å². The highest BCUT2D eigenvalue weighted by Crippen LogP contribution is 2.08. The lowest BCUT2D eigenvalue weighted by Gasteiger charge is -2.12. The molecule has 0 aliphatic heterocycles. The molecule has 1 amide bonds. The Balaban J connectivity index is 2.34. The lowest BCUT2D eigenvalue weighted by Crippen LogP contribution is -2.29. The molecule has 92 valence electrons. The minimum Gasteiger partial charge on any atom is -0.481 e. The summed E-state index contributed by atoms with van der Waals surface area (Å²) in [5, 5.41) is 11.2. The van der Waals surface area contributed by atoms with E-state index in [0.29, 0.717) is 0 Å². The number of hydrogen-bond acceptors (Lipinski definition) is 4. The first-order valence-corrected chi connectivity index (χ1v) is 6.25. The van der Waals surface area contributed by atoms with Crippen molar-refractivity contribution >= 4 is 23.6 Å².